The molecule has 1 atom stereocenters. The number of aryl methyl sites for hydroxylation is 1. The predicted octanol–water partition coefficient (Wildman–Crippen LogP) is 0.374. The number of carbonyl (C=O) groups is 2. The molecule has 78 valence electrons. The fourth-order valence-corrected chi connectivity index (χ4v) is 2.58. The number of hydrogen-bond acceptors (Lipinski definition) is 5. The smallest absolute Gasteiger partial charge is 0.255 e. The molecule has 1 aromatic heterocycles. The van der Waals surface area contributed by atoms with Crippen LogP contribution in [0.3, 0.4) is 0 Å². The van der Waals surface area contributed by atoms with Gasteiger partial charge in [0, 0.05) is 5.69 Å². The molecular weight excluding hydrogens is 214 g/mol. The Kier molecular flexibility index (Phi) is 2.22. The van der Waals surface area contributed by atoms with E-state index in [2.05, 4.69) is 4.98 Å². The summed E-state index contributed by atoms with van der Waals surface area (Å²) in [5.41, 5.74) is 0.571. The van der Waals surface area contributed by atoms with Crippen LogP contribution in [0.4, 0.5) is 0 Å². The zero-order chi connectivity index (χ0) is 11.2. The van der Waals surface area contributed by atoms with Crippen LogP contribution in [-0.4, -0.2) is 26.5 Å². The van der Waals surface area contributed by atoms with E-state index >= 15 is 0 Å². The summed E-state index contributed by atoms with van der Waals surface area (Å²) in [6.07, 6.45) is 0. The van der Waals surface area contributed by atoms with Gasteiger partial charge in [-0.1, -0.05) is 11.8 Å². The number of nitrogens with zero attached hydrogens (tertiary/aromatic N) is 2. The number of thioether (sulfide) groups is 1. The van der Waals surface area contributed by atoms with E-state index < -0.39 is 5.25 Å². The molecule has 15 heavy (non-hydrogen) atoms. The molecule has 2 rings (SSSR count). The van der Waals surface area contributed by atoms with Crippen LogP contribution in [0.5, 0.6) is 0 Å². The third-order valence-corrected chi connectivity index (χ3v) is 3.41. The molecule has 0 unspecified atom stereocenters. The van der Waals surface area contributed by atoms with Gasteiger partial charge in [0.25, 0.3) is 5.91 Å². The molecule has 0 amide bonds. The molecule has 0 aliphatic carbocycles. The first kappa shape index (κ1) is 10.1. The quantitative estimate of drug-likeness (QED) is 0.551. The Labute approximate surface area is 90.0 Å². The van der Waals surface area contributed by atoms with Crippen molar-refractivity contribution in [1.82, 2.24) is 9.55 Å². The maximum atomic E-state index is 11.7. The van der Waals surface area contributed by atoms with Crippen molar-refractivity contribution >= 4 is 23.5 Å². The van der Waals surface area contributed by atoms with Crippen LogP contribution in [0.2, 0.25) is 0 Å². The second-order valence-electron chi connectivity index (χ2n) is 3.34. The highest BCUT2D eigenvalue weighted by molar-refractivity contribution is 8.01. The highest BCUT2D eigenvalue weighted by Crippen LogP contribution is 2.30. The van der Waals surface area contributed by atoms with Crippen LogP contribution in [-0.2, 0) is 4.79 Å². The fraction of sp³-hybridized carbons (Fsp3) is 0.333. The van der Waals surface area contributed by atoms with Gasteiger partial charge < -0.3 is 0 Å². The number of aromatic nitrogens is 2. The number of hydrogen-bond donors (Lipinski definition) is 1. The maximum Gasteiger partial charge on any atom is 0.255 e. The fourth-order valence-electron chi connectivity index (χ4n) is 1.44. The van der Waals surface area contributed by atoms with Gasteiger partial charge in [0.1, 0.15) is 5.25 Å². The monoisotopic (exact) mass is 223 g/mol. The number of rotatable bonds is 1. The van der Waals surface area contributed by atoms with Crippen molar-refractivity contribution in [2.24, 2.45) is 0 Å². The van der Waals surface area contributed by atoms with Gasteiger partial charge >= 0.3 is 0 Å². The summed E-state index contributed by atoms with van der Waals surface area (Å²) in [6.45, 7) is 3.14. The van der Waals surface area contributed by atoms with Crippen molar-refractivity contribution in [1.29, 1.82) is 5.41 Å². The highest BCUT2D eigenvalue weighted by atomic mass is 32.2. The standard InChI is InChI=1S/C9H9N3O2S/c1-4-3-6-12(9(10)11-4)8(14)7(15-6)5(2)13/h3,7,10H,1-2H3/t7-/m1/s1. The molecule has 1 N–H and O–H groups in total. The minimum atomic E-state index is -0.710. The van der Waals surface area contributed by atoms with Crippen molar-refractivity contribution in [3.8, 4) is 0 Å². The van der Waals surface area contributed by atoms with Gasteiger partial charge in [0.05, 0.1) is 5.03 Å². The van der Waals surface area contributed by atoms with Crippen molar-refractivity contribution in [2.45, 2.75) is 24.1 Å². The first-order chi connectivity index (χ1) is 7.00. The molecule has 2 heterocycles. The second-order valence-corrected chi connectivity index (χ2v) is 4.47. The summed E-state index contributed by atoms with van der Waals surface area (Å²) < 4.78 is 1.18. The summed E-state index contributed by atoms with van der Waals surface area (Å²) in [5.74, 6) is -0.550. The number of carbonyl (C=O) groups excluding carboxylic acids is 2. The molecule has 0 fully saturated rings. The number of ketones is 1. The summed E-state index contributed by atoms with van der Waals surface area (Å²) in [4.78, 5) is 26.8. The van der Waals surface area contributed by atoms with Gasteiger partial charge in [0.15, 0.2) is 5.78 Å². The van der Waals surface area contributed by atoms with E-state index in [1.54, 1.807) is 13.0 Å². The zero-order valence-electron chi connectivity index (χ0n) is 8.27. The van der Waals surface area contributed by atoms with Crippen molar-refractivity contribution in [2.75, 3.05) is 0 Å². The van der Waals surface area contributed by atoms with Crippen molar-refractivity contribution in [3.63, 3.8) is 0 Å². The normalized spacial score (nSPS) is 19.1. The molecule has 0 bridgehead atoms. The molecule has 0 aromatic carbocycles. The van der Waals surface area contributed by atoms with E-state index in [-0.39, 0.29) is 17.3 Å². The Balaban J connectivity index is 2.60. The molecule has 1 aliphatic rings. The lowest BCUT2D eigenvalue weighted by molar-refractivity contribution is -0.115. The highest BCUT2D eigenvalue weighted by Gasteiger charge is 2.35. The van der Waals surface area contributed by atoms with Gasteiger partial charge in [-0.15, -0.1) is 0 Å². The SMILES string of the molecule is CC(=O)[C@H]1Sc2cc(C)nc(=N)n2C1=O. The summed E-state index contributed by atoms with van der Waals surface area (Å²) in [6, 6.07) is 1.71. The van der Waals surface area contributed by atoms with E-state index in [4.69, 9.17) is 5.41 Å². The van der Waals surface area contributed by atoms with Crippen LogP contribution < -0.4 is 5.62 Å². The molecule has 0 saturated carbocycles. The number of nitrogens with one attached hydrogen (secondary N) is 1. The van der Waals surface area contributed by atoms with Crippen LogP contribution in [0.25, 0.3) is 0 Å². The Hall–Kier alpha value is -1.43. The Bertz CT molecular complexity index is 521. The second kappa shape index (κ2) is 3.30. The molecule has 0 radical (unpaired) electrons. The lowest BCUT2D eigenvalue weighted by atomic mass is 10.3. The third-order valence-electron chi connectivity index (χ3n) is 2.10. The predicted molar refractivity (Wildman–Crippen MR) is 53.8 cm³/mol. The van der Waals surface area contributed by atoms with Crippen LogP contribution >= 0.6 is 11.8 Å². The minimum absolute atomic E-state index is 0.105. The Morgan fingerprint density at radius 1 is 1.67 bits per heavy atom. The number of Topliss-reactive ketones (excluding diaryl/α,β-unsaturated/α-hetero) is 1. The van der Waals surface area contributed by atoms with E-state index in [0.717, 1.165) is 0 Å². The Morgan fingerprint density at radius 3 is 2.93 bits per heavy atom. The molecule has 0 saturated heterocycles. The van der Waals surface area contributed by atoms with Gasteiger partial charge in [-0.3, -0.25) is 15.0 Å². The van der Waals surface area contributed by atoms with Gasteiger partial charge in [-0.2, -0.15) is 0 Å². The van der Waals surface area contributed by atoms with Gasteiger partial charge in [-0.05, 0) is 19.9 Å². The lowest BCUT2D eigenvalue weighted by Crippen LogP contribution is -2.33. The Morgan fingerprint density at radius 2 is 2.33 bits per heavy atom. The maximum absolute atomic E-state index is 11.7. The van der Waals surface area contributed by atoms with E-state index in [0.29, 0.717) is 10.7 Å². The molecular formula is C9H9N3O2S. The molecule has 0 spiro atoms. The van der Waals surface area contributed by atoms with Gasteiger partial charge in [0.2, 0.25) is 5.62 Å². The van der Waals surface area contributed by atoms with E-state index in [1.165, 1.54) is 23.3 Å². The number of fused-ring (bicyclic) bond motifs is 1. The van der Waals surface area contributed by atoms with E-state index in [1.807, 2.05) is 0 Å². The molecule has 5 nitrogen and oxygen atoms in total. The van der Waals surface area contributed by atoms with Crippen LogP contribution in [0.15, 0.2) is 11.1 Å². The largest absolute Gasteiger partial charge is 0.298 e. The van der Waals surface area contributed by atoms with Crippen LogP contribution in [0, 0.1) is 12.3 Å². The topological polar surface area (TPSA) is 75.8 Å². The average molecular weight is 223 g/mol. The first-order valence-corrected chi connectivity index (χ1v) is 5.25. The molecule has 1 aromatic rings. The summed E-state index contributed by atoms with van der Waals surface area (Å²) in [5, 5.41) is 7.47. The zero-order valence-corrected chi connectivity index (χ0v) is 9.09. The van der Waals surface area contributed by atoms with Crippen molar-refractivity contribution < 1.29 is 9.59 Å². The summed E-state index contributed by atoms with van der Waals surface area (Å²) in [7, 11) is 0. The minimum Gasteiger partial charge on any atom is -0.298 e. The average Bonchev–Trinajstić information content (AvgIpc) is 2.42. The first-order valence-electron chi connectivity index (χ1n) is 4.37. The third kappa shape index (κ3) is 1.50. The molecule has 1 aliphatic heterocycles. The van der Waals surface area contributed by atoms with E-state index in [9.17, 15) is 9.59 Å². The lowest BCUT2D eigenvalue weighted by Gasteiger charge is -2.00. The summed E-state index contributed by atoms with van der Waals surface area (Å²) >= 11 is 1.18. The van der Waals surface area contributed by atoms with Gasteiger partial charge in [-0.25, -0.2) is 9.55 Å². The van der Waals surface area contributed by atoms with Crippen LogP contribution in [0.1, 0.15) is 17.4 Å². The molecule has 6 heteroatoms. The van der Waals surface area contributed by atoms with Crippen molar-refractivity contribution in [3.05, 3.63) is 17.4 Å².